The van der Waals surface area contributed by atoms with Crippen LogP contribution in [0, 0.1) is 0 Å². The summed E-state index contributed by atoms with van der Waals surface area (Å²) in [4.78, 5) is 0. The third-order valence-corrected chi connectivity index (χ3v) is 18.5. The van der Waals surface area contributed by atoms with Gasteiger partial charge in [-0.1, -0.05) is 97.1 Å². The molecule has 1 fully saturated rings. The zero-order valence-electron chi connectivity index (χ0n) is 30.4. The van der Waals surface area contributed by atoms with Gasteiger partial charge in [-0.2, -0.15) is 0 Å². The zero-order chi connectivity index (χ0) is 37.3. The number of ether oxygens (including phenoxy) is 6. The Labute approximate surface area is 325 Å². The van der Waals surface area contributed by atoms with E-state index in [2.05, 4.69) is 0 Å². The van der Waals surface area contributed by atoms with Gasteiger partial charge in [-0.05, 0) is 63.8 Å². The molecule has 1 aliphatic carbocycles. The molecule has 6 aromatic carbocycles. The van der Waals surface area contributed by atoms with Crippen LogP contribution in [0.3, 0.4) is 0 Å². The summed E-state index contributed by atoms with van der Waals surface area (Å²) in [6, 6.07) is 35.3. The lowest BCUT2D eigenvalue weighted by atomic mass is 9.98. The number of hydrogen-bond donors (Lipinski definition) is 0. The molecule has 4 aliphatic rings. The predicted molar refractivity (Wildman–Crippen MR) is 222 cm³/mol. The van der Waals surface area contributed by atoms with Gasteiger partial charge >= 0.3 is 0 Å². The Kier molecular flexibility index (Phi) is 8.36. The van der Waals surface area contributed by atoms with Crippen LogP contribution in [0.25, 0.3) is 0 Å². The van der Waals surface area contributed by atoms with Gasteiger partial charge in [0, 0.05) is 28.8 Å². The minimum absolute atomic E-state index is 0.00426. The Bertz CT molecular complexity index is 2530. The normalized spacial score (nSPS) is 17.7. The van der Waals surface area contributed by atoms with Crippen molar-refractivity contribution in [1.29, 1.82) is 0 Å². The fourth-order valence-electron chi connectivity index (χ4n) is 8.22. The highest BCUT2D eigenvalue weighted by atomic mass is 32.4. The quantitative estimate of drug-likeness (QED) is 0.134. The van der Waals surface area contributed by atoms with Crippen LogP contribution in [0.2, 0.25) is 0 Å². The molecule has 10 heteroatoms. The molecule has 0 radical (unpaired) electrons. The fraction of sp³-hybridized carbons (Fsp3) is 0.200. The van der Waals surface area contributed by atoms with Gasteiger partial charge in [-0.25, -0.2) is 0 Å². The molecule has 10 rings (SSSR count). The van der Waals surface area contributed by atoms with Crippen molar-refractivity contribution in [3.05, 3.63) is 121 Å². The van der Waals surface area contributed by atoms with Gasteiger partial charge in [-0.3, -0.25) is 0 Å². The number of rotatable bonds is 9. The van der Waals surface area contributed by atoms with E-state index in [0.717, 1.165) is 36.3 Å². The molecule has 0 saturated heterocycles. The van der Waals surface area contributed by atoms with Gasteiger partial charge in [0.05, 0.1) is 39.5 Å². The molecule has 276 valence electrons. The van der Waals surface area contributed by atoms with Crippen molar-refractivity contribution in [2.45, 2.75) is 58.2 Å². The van der Waals surface area contributed by atoms with E-state index >= 15 is 4.57 Å². The summed E-state index contributed by atoms with van der Waals surface area (Å²) in [6.45, 7) is 3.96. The van der Waals surface area contributed by atoms with Crippen molar-refractivity contribution in [3.8, 4) is 57.5 Å². The molecule has 1 unspecified atom stereocenters. The molecule has 0 amide bonds. The van der Waals surface area contributed by atoms with E-state index < -0.39 is 13.2 Å². The highest BCUT2D eigenvalue weighted by molar-refractivity contribution is 8.26. The van der Waals surface area contributed by atoms with Gasteiger partial charge in [0.2, 0.25) is 5.75 Å². The summed E-state index contributed by atoms with van der Waals surface area (Å²) in [5.41, 5.74) is 0. The molecule has 0 spiro atoms. The molecule has 3 heterocycles. The van der Waals surface area contributed by atoms with Gasteiger partial charge in [0.1, 0.15) is 34.5 Å². The van der Waals surface area contributed by atoms with Crippen LogP contribution in [0.1, 0.15) is 46.0 Å². The second-order valence-electron chi connectivity index (χ2n) is 14.6. The summed E-state index contributed by atoms with van der Waals surface area (Å²) >= 11 is 7.11. The van der Waals surface area contributed by atoms with Crippen LogP contribution in [0.15, 0.2) is 121 Å². The van der Waals surface area contributed by atoms with Crippen LogP contribution in [-0.4, -0.2) is 12.2 Å². The molecule has 1 saturated carbocycles. The van der Waals surface area contributed by atoms with Crippen molar-refractivity contribution in [3.63, 3.8) is 0 Å². The smallest absolute Gasteiger partial charge is 0.212 e. The molecule has 6 aromatic rings. The van der Waals surface area contributed by atoms with Gasteiger partial charge in [-0.15, -0.1) is 0 Å². The summed E-state index contributed by atoms with van der Waals surface area (Å²) in [5, 5.41) is 4.14. The van der Waals surface area contributed by atoms with E-state index in [-0.39, 0.29) is 12.2 Å². The average Bonchev–Trinajstić information content (AvgIpc) is 3.19. The van der Waals surface area contributed by atoms with E-state index in [4.69, 9.17) is 40.2 Å². The summed E-state index contributed by atoms with van der Waals surface area (Å²) in [6.07, 6.45) is 5.14. The lowest BCUT2D eigenvalue weighted by molar-refractivity contribution is 0.150. The van der Waals surface area contributed by atoms with Crippen molar-refractivity contribution in [2.75, 3.05) is 0 Å². The second kappa shape index (κ2) is 13.3. The van der Waals surface area contributed by atoms with E-state index in [1.165, 1.54) is 6.42 Å². The highest BCUT2D eigenvalue weighted by Crippen LogP contribution is 2.67. The number of hydrogen-bond acceptors (Lipinski definition) is 8. The minimum atomic E-state index is -3.53. The van der Waals surface area contributed by atoms with Crippen molar-refractivity contribution < 1.29 is 33.0 Å². The van der Waals surface area contributed by atoms with Gasteiger partial charge < -0.3 is 33.0 Å². The number of para-hydroxylation sites is 1. The topological polar surface area (TPSA) is 72.5 Å². The maximum atomic E-state index is 16.1. The highest BCUT2D eigenvalue weighted by Gasteiger charge is 2.53. The summed E-state index contributed by atoms with van der Waals surface area (Å²) in [7, 11) is -3.53. The van der Waals surface area contributed by atoms with Gasteiger partial charge in [0.25, 0.3) is 0 Å². The van der Waals surface area contributed by atoms with Gasteiger partial charge in [0.15, 0.2) is 24.4 Å². The largest absolute Gasteiger partial charge is 0.491 e. The first kappa shape index (κ1) is 34.5. The lowest BCUT2D eigenvalue weighted by Crippen LogP contribution is -2.41. The van der Waals surface area contributed by atoms with Crippen LogP contribution in [-0.2, 0) is 16.4 Å². The van der Waals surface area contributed by atoms with E-state index in [0.29, 0.717) is 78.7 Å². The molecule has 3 aliphatic heterocycles. The molecule has 1 atom stereocenters. The SMILES string of the molecule is CC(C)Oc1cc2c3c(c1)Oc1c(Oc4ccccc4)c(OC4CCCCC4)cc4c1P3(=S)c1c(ccc(P(=O)(c3ccccc3)c3ccccc3)c1O4)O2. The third-order valence-electron chi connectivity index (χ3n) is 10.6. The van der Waals surface area contributed by atoms with Crippen LogP contribution in [0.5, 0.6) is 57.5 Å². The lowest BCUT2D eigenvalue weighted by Gasteiger charge is -2.43. The second-order valence-corrected chi connectivity index (χ2v) is 21.5. The van der Waals surface area contributed by atoms with Crippen LogP contribution in [0.4, 0.5) is 0 Å². The monoisotopic (exact) mass is 784 g/mol. The van der Waals surface area contributed by atoms with E-state index in [9.17, 15) is 0 Å². The molecular formula is C45H38O7P2S. The maximum Gasteiger partial charge on any atom is 0.212 e. The fourth-order valence-corrected chi connectivity index (χ4v) is 15.9. The standard InChI is InChI=1S/C45H38O7P2S/c1-28(2)47-31-25-36-43-37(26-31)52-42-40(49-30-17-9-4-10-18-30)35(48-29-15-7-3-8-16-29)27-38-45(42)54(43,55)44-34(50-36)23-24-39(41(44)51-38)53(46,32-19-11-5-12-20-32)33-21-13-6-14-22-33/h4-6,9-14,17-29H,3,7-8,15-16H2,1-2H3. The minimum Gasteiger partial charge on any atom is -0.491 e. The number of benzene rings is 6. The third kappa shape index (κ3) is 5.52. The Hall–Kier alpha value is -5.00. The van der Waals surface area contributed by atoms with E-state index in [1.54, 1.807) is 0 Å². The van der Waals surface area contributed by atoms with Crippen LogP contribution < -0.4 is 60.2 Å². The summed E-state index contributed by atoms with van der Waals surface area (Å²) < 4.78 is 56.8. The van der Waals surface area contributed by atoms with Crippen molar-refractivity contribution in [1.82, 2.24) is 0 Å². The molecule has 0 bridgehead atoms. The Morgan fingerprint density at radius 3 is 1.89 bits per heavy atom. The Morgan fingerprint density at radius 1 is 0.655 bits per heavy atom. The first-order chi connectivity index (χ1) is 26.8. The predicted octanol–water partition coefficient (Wildman–Crippen LogP) is 9.69. The van der Waals surface area contributed by atoms with Crippen LogP contribution >= 0.6 is 13.2 Å². The summed E-state index contributed by atoms with van der Waals surface area (Å²) in [5.74, 6) is 5.25. The van der Waals surface area contributed by atoms with Crippen molar-refractivity contribution >= 4 is 56.8 Å². The van der Waals surface area contributed by atoms with Crippen molar-refractivity contribution in [2.24, 2.45) is 0 Å². The Morgan fingerprint density at radius 2 is 1.24 bits per heavy atom. The molecule has 0 N–H and O–H groups in total. The first-order valence-corrected chi connectivity index (χ1v) is 23.3. The molecule has 0 aromatic heterocycles. The molecule has 7 nitrogen and oxygen atoms in total. The molecular weight excluding hydrogens is 747 g/mol. The van der Waals surface area contributed by atoms with E-state index in [1.807, 2.05) is 135 Å². The average molecular weight is 785 g/mol. The maximum absolute atomic E-state index is 16.1. The molecule has 55 heavy (non-hydrogen) atoms. The first-order valence-electron chi connectivity index (χ1n) is 18.8. The Balaban J connectivity index is 1.27. The zero-order valence-corrected chi connectivity index (χ0v) is 33.0.